The maximum atomic E-state index is 13.0. The van der Waals surface area contributed by atoms with E-state index >= 15 is 0 Å². The number of carbonyl (C=O) groups is 1. The number of piperazine rings is 1. The van der Waals surface area contributed by atoms with Crippen molar-refractivity contribution in [3.63, 3.8) is 0 Å². The van der Waals surface area contributed by atoms with Crippen LogP contribution < -0.4 is 4.90 Å². The highest BCUT2D eigenvalue weighted by Gasteiger charge is 2.26. The third kappa shape index (κ3) is 3.32. The largest absolute Gasteiger partial charge is 0.353 e. The normalized spacial score (nSPS) is 14.5. The number of amides is 1. The van der Waals surface area contributed by atoms with Gasteiger partial charge < -0.3 is 9.80 Å². The summed E-state index contributed by atoms with van der Waals surface area (Å²) in [5.41, 5.74) is 1.87. The van der Waals surface area contributed by atoms with Gasteiger partial charge in [0.15, 0.2) is 0 Å². The van der Waals surface area contributed by atoms with Crippen molar-refractivity contribution < 1.29 is 4.79 Å². The Labute approximate surface area is 156 Å². The highest BCUT2D eigenvalue weighted by molar-refractivity contribution is 7.17. The van der Waals surface area contributed by atoms with Crippen LogP contribution in [0.1, 0.15) is 15.4 Å². The second-order valence-electron chi connectivity index (χ2n) is 6.27. The molecule has 1 fully saturated rings. The highest BCUT2D eigenvalue weighted by Crippen LogP contribution is 2.29. The van der Waals surface area contributed by atoms with Gasteiger partial charge in [-0.3, -0.25) is 4.79 Å². The summed E-state index contributed by atoms with van der Waals surface area (Å²) in [4.78, 5) is 26.9. The molecule has 6 heteroatoms. The Kier molecular flexibility index (Phi) is 4.67. The van der Waals surface area contributed by atoms with Gasteiger partial charge in [-0.15, -0.1) is 11.3 Å². The van der Waals surface area contributed by atoms with E-state index in [1.165, 1.54) is 11.3 Å². The maximum Gasteiger partial charge on any atom is 0.265 e. The highest BCUT2D eigenvalue weighted by atomic mass is 32.1. The zero-order valence-corrected chi connectivity index (χ0v) is 15.4. The average Bonchev–Trinajstić information content (AvgIpc) is 3.10. The van der Waals surface area contributed by atoms with Crippen molar-refractivity contribution in [2.24, 2.45) is 0 Å². The van der Waals surface area contributed by atoms with Gasteiger partial charge in [-0.2, -0.15) is 0 Å². The van der Waals surface area contributed by atoms with Gasteiger partial charge in [0.25, 0.3) is 5.91 Å². The van der Waals surface area contributed by atoms with Crippen molar-refractivity contribution in [1.82, 2.24) is 14.9 Å². The monoisotopic (exact) mass is 364 g/mol. The van der Waals surface area contributed by atoms with Gasteiger partial charge in [0.2, 0.25) is 0 Å². The van der Waals surface area contributed by atoms with Gasteiger partial charge in [0.1, 0.15) is 15.7 Å². The van der Waals surface area contributed by atoms with E-state index in [9.17, 15) is 4.79 Å². The summed E-state index contributed by atoms with van der Waals surface area (Å²) in [7, 11) is 0. The first kappa shape index (κ1) is 16.7. The SMILES string of the molecule is Cc1nc(-c2ccccc2)sc1C(=O)N1CCN(c2ccccn2)CC1. The fourth-order valence-electron chi connectivity index (χ4n) is 3.12. The van der Waals surface area contributed by atoms with Crippen LogP contribution >= 0.6 is 11.3 Å². The number of carbonyl (C=O) groups excluding carboxylic acids is 1. The first-order valence-corrected chi connectivity index (χ1v) is 9.52. The molecule has 3 heterocycles. The molecule has 0 bridgehead atoms. The molecule has 0 aliphatic carbocycles. The van der Waals surface area contributed by atoms with E-state index in [4.69, 9.17) is 0 Å². The Hall–Kier alpha value is -2.73. The molecule has 0 saturated carbocycles. The molecular weight excluding hydrogens is 344 g/mol. The molecule has 0 atom stereocenters. The van der Waals surface area contributed by atoms with Crippen LogP contribution in [0.4, 0.5) is 5.82 Å². The molecule has 0 radical (unpaired) electrons. The summed E-state index contributed by atoms with van der Waals surface area (Å²) in [6.07, 6.45) is 1.80. The van der Waals surface area contributed by atoms with Crippen LogP contribution in [0.5, 0.6) is 0 Å². The van der Waals surface area contributed by atoms with Crippen LogP contribution in [-0.4, -0.2) is 47.0 Å². The van der Waals surface area contributed by atoms with Gasteiger partial charge >= 0.3 is 0 Å². The second kappa shape index (κ2) is 7.25. The second-order valence-corrected chi connectivity index (χ2v) is 7.27. The Morgan fingerprint density at radius 2 is 1.73 bits per heavy atom. The van der Waals surface area contributed by atoms with Crippen LogP contribution in [0.2, 0.25) is 0 Å². The first-order chi connectivity index (χ1) is 12.7. The Morgan fingerprint density at radius 1 is 1.00 bits per heavy atom. The quantitative estimate of drug-likeness (QED) is 0.714. The van der Waals surface area contributed by atoms with Crippen LogP contribution in [0.25, 0.3) is 10.6 Å². The first-order valence-electron chi connectivity index (χ1n) is 8.70. The average molecular weight is 364 g/mol. The van der Waals surface area contributed by atoms with Crippen molar-refractivity contribution >= 4 is 23.1 Å². The van der Waals surface area contributed by atoms with Crippen LogP contribution in [0.15, 0.2) is 54.7 Å². The number of aromatic nitrogens is 2. The Morgan fingerprint density at radius 3 is 2.42 bits per heavy atom. The lowest BCUT2D eigenvalue weighted by Crippen LogP contribution is -2.49. The summed E-state index contributed by atoms with van der Waals surface area (Å²) in [6, 6.07) is 15.9. The third-order valence-electron chi connectivity index (χ3n) is 4.55. The van der Waals surface area contributed by atoms with Crippen molar-refractivity contribution in [2.75, 3.05) is 31.1 Å². The lowest BCUT2D eigenvalue weighted by atomic mass is 10.2. The van der Waals surface area contributed by atoms with E-state index in [2.05, 4.69) is 14.9 Å². The lowest BCUT2D eigenvalue weighted by Gasteiger charge is -2.35. The maximum absolute atomic E-state index is 13.0. The molecule has 1 aliphatic heterocycles. The van der Waals surface area contributed by atoms with Gasteiger partial charge in [0.05, 0.1) is 5.69 Å². The number of nitrogens with zero attached hydrogens (tertiary/aromatic N) is 4. The zero-order chi connectivity index (χ0) is 17.9. The van der Waals surface area contributed by atoms with E-state index in [1.54, 1.807) is 6.20 Å². The van der Waals surface area contributed by atoms with Crippen molar-refractivity contribution in [1.29, 1.82) is 0 Å². The van der Waals surface area contributed by atoms with Gasteiger partial charge in [-0.25, -0.2) is 9.97 Å². The smallest absolute Gasteiger partial charge is 0.265 e. The Bertz CT molecular complexity index is 887. The van der Waals surface area contributed by atoms with Gasteiger partial charge in [-0.1, -0.05) is 36.4 Å². The standard InChI is InChI=1S/C20H20N4OS/c1-15-18(26-19(22-15)16-7-3-2-4-8-16)20(25)24-13-11-23(12-14-24)17-9-5-6-10-21-17/h2-10H,11-14H2,1H3. The van der Waals surface area contributed by atoms with E-state index < -0.39 is 0 Å². The number of thiazole rings is 1. The molecule has 0 spiro atoms. The predicted molar refractivity (Wildman–Crippen MR) is 105 cm³/mol. The van der Waals surface area contributed by atoms with Crippen LogP contribution in [-0.2, 0) is 0 Å². The molecule has 132 valence electrons. The van der Waals surface area contributed by atoms with Crippen LogP contribution in [0.3, 0.4) is 0 Å². The summed E-state index contributed by atoms with van der Waals surface area (Å²) >= 11 is 1.48. The van der Waals surface area contributed by atoms with E-state index in [1.807, 2.05) is 60.4 Å². The Balaban J connectivity index is 1.47. The number of hydrogen-bond acceptors (Lipinski definition) is 5. The topological polar surface area (TPSA) is 49.3 Å². The summed E-state index contributed by atoms with van der Waals surface area (Å²) in [6.45, 7) is 4.92. The number of anilines is 1. The summed E-state index contributed by atoms with van der Waals surface area (Å²) in [5.74, 6) is 1.06. The molecule has 4 rings (SSSR count). The van der Waals surface area contributed by atoms with Gasteiger partial charge in [-0.05, 0) is 19.1 Å². The molecule has 1 aromatic carbocycles. The molecule has 0 N–H and O–H groups in total. The van der Waals surface area contributed by atoms with Crippen molar-refractivity contribution in [3.05, 3.63) is 65.3 Å². The molecule has 3 aromatic rings. The van der Waals surface area contributed by atoms with E-state index in [-0.39, 0.29) is 5.91 Å². The molecule has 1 aliphatic rings. The number of hydrogen-bond donors (Lipinski definition) is 0. The fourth-order valence-corrected chi connectivity index (χ4v) is 4.16. The molecule has 1 saturated heterocycles. The molecule has 5 nitrogen and oxygen atoms in total. The molecular formula is C20H20N4OS. The fraction of sp³-hybridized carbons (Fsp3) is 0.250. The van der Waals surface area contributed by atoms with E-state index in [0.29, 0.717) is 13.1 Å². The number of benzene rings is 1. The number of pyridine rings is 1. The minimum atomic E-state index is 0.0860. The summed E-state index contributed by atoms with van der Waals surface area (Å²) in [5, 5.41) is 0.901. The molecule has 2 aromatic heterocycles. The minimum absolute atomic E-state index is 0.0860. The van der Waals surface area contributed by atoms with Crippen LogP contribution in [0, 0.1) is 6.92 Å². The third-order valence-corrected chi connectivity index (χ3v) is 5.75. The molecule has 1 amide bonds. The van der Waals surface area contributed by atoms with E-state index in [0.717, 1.165) is 40.0 Å². The number of aryl methyl sites for hydroxylation is 1. The van der Waals surface area contributed by atoms with Crippen molar-refractivity contribution in [2.45, 2.75) is 6.92 Å². The lowest BCUT2D eigenvalue weighted by molar-refractivity contribution is 0.0750. The molecule has 0 unspecified atom stereocenters. The summed E-state index contributed by atoms with van der Waals surface area (Å²) < 4.78 is 0. The predicted octanol–water partition coefficient (Wildman–Crippen LogP) is 3.48. The van der Waals surface area contributed by atoms with Crippen molar-refractivity contribution in [3.8, 4) is 10.6 Å². The molecule has 26 heavy (non-hydrogen) atoms. The number of rotatable bonds is 3. The zero-order valence-electron chi connectivity index (χ0n) is 14.6. The minimum Gasteiger partial charge on any atom is -0.353 e. The van der Waals surface area contributed by atoms with Gasteiger partial charge in [0, 0.05) is 37.9 Å².